The SMILES string of the molecule is CC(=O)O[C@H]1CN[C@H](C(=O)N[C@H](C(=O)O)C(C)C)C1. The molecule has 0 bridgehead atoms. The van der Waals surface area contributed by atoms with Gasteiger partial charge in [-0.3, -0.25) is 9.59 Å². The lowest BCUT2D eigenvalue weighted by molar-refractivity contribution is -0.145. The Morgan fingerprint density at radius 3 is 2.47 bits per heavy atom. The topological polar surface area (TPSA) is 105 Å². The van der Waals surface area contributed by atoms with Gasteiger partial charge >= 0.3 is 11.9 Å². The van der Waals surface area contributed by atoms with E-state index in [-0.39, 0.29) is 17.9 Å². The highest BCUT2D eigenvalue weighted by molar-refractivity contribution is 5.87. The van der Waals surface area contributed by atoms with Crippen molar-refractivity contribution >= 4 is 17.8 Å². The predicted molar refractivity (Wildman–Crippen MR) is 66.4 cm³/mol. The first kappa shape index (κ1) is 15.4. The molecule has 0 aliphatic carbocycles. The smallest absolute Gasteiger partial charge is 0.326 e. The van der Waals surface area contributed by atoms with Crippen molar-refractivity contribution in [2.24, 2.45) is 5.92 Å². The third kappa shape index (κ3) is 4.51. The van der Waals surface area contributed by atoms with E-state index >= 15 is 0 Å². The maximum atomic E-state index is 11.9. The summed E-state index contributed by atoms with van der Waals surface area (Å²) in [6.07, 6.45) is 0.0196. The Bertz CT molecular complexity index is 369. The van der Waals surface area contributed by atoms with Gasteiger partial charge in [0.25, 0.3) is 0 Å². The summed E-state index contributed by atoms with van der Waals surface area (Å²) in [5.74, 6) is -2.03. The Labute approximate surface area is 111 Å². The molecule has 7 nitrogen and oxygen atoms in total. The zero-order valence-corrected chi connectivity index (χ0v) is 11.3. The minimum absolute atomic E-state index is 0.202. The van der Waals surface area contributed by atoms with Gasteiger partial charge in [-0.05, 0) is 5.92 Å². The number of aliphatic carboxylic acids is 1. The van der Waals surface area contributed by atoms with Crippen molar-refractivity contribution in [3.8, 4) is 0 Å². The van der Waals surface area contributed by atoms with Crippen molar-refractivity contribution in [2.45, 2.75) is 45.4 Å². The Hall–Kier alpha value is -1.63. The summed E-state index contributed by atoms with van der Waals surface area (Å²) >= 11 is 0. The van der Waals surface area contributed by atoms with E-state index in [4.69, 9.17) is 9.84 Å². The second-order valence-corrected chi connectivity index (χ2v) is 5.00. The standard InChI is InChI=1S/C12H20N2O5/c1-6(2)10(12(17)18)14-11(16)9-4-8(5-13-9)19-7(3)15/h6,8-10,13H,4-5H2,1-3H3,(H,14,16)(H,17,18)/t8-,9+,10+/m1/s1. The van der Waals surface area contributed by atoms with E-state index in [9.17, 15) is 14.4 Å². The fraction of sp³-hybridized carbons (Fsp3) is 0.750. The molecule has 1 amide bonds. The fourth-order valence-corrected chi connectivity index (χ4v) is 1.99. The Kier molecular flexibility index (Phi) is 5.29. The van der Waals surface area contributed by atoms with Gasteiger partial charge in [0.2, 0.25) is 5.91 Å². The molecule has 0 aromatic heterocycles. The monoisotopic (exact) mass is 272 g/mol. The molecule has 0 unspecified atom stereocenters. The third-order valence-electron chi connectivity index (χ3n) is 2.97. The fourth-order valence-electron chi connectivity index (χ4n) is 1.99. The van der Waals surface area contributed by atoms with Gasteiger partial charge < -0.3 is 20.5 Å². The average Bonchev–Trinajstić information content (AvgIpc) is 2.72. The van der Waals surface area contributed by atoms with Crippen molar-refractivity contribution in [2.75, 3.05) is 6.54 Å². The van der Waals surface area contributed by atoms with Crippen molar-refractivity contribution < 1.29 is 24.2 Å². The number of hydrogen-bond acceptors (Lipinski definition) is 5. The van der Waals surface area contributed by atoms with Crippen LogP contribution < -0.4 is 10.6 Å². The van der Waals surface area contributed by atoms with E-state index in [1.165, 1.54) is 6.92 Å². The normalized spacial score (nSPS) is 24.0. The molecule has 1 heterocycles. The van der Waals surface area contributed by atoms with Crippen LogP contribution in [0.1, 0.15) is 27.2 Å². The number of carboxylic acids is 1. The molecule has 0 aromatic rings. The minimum Gasteiger partial charge on any atom is -0.480 e. The summed E-state index contributed by atoms with van der Waals surface area (Å²) in [6, 6.07) is -1.44. The van der Waals surface area contributed by atoms with Crippen LogP contribution in [0.3, 0.4) is 0 Å². The van der Waals surface area contributed by atoms with Gasteiger partial charge in [0.1, 0.15) is 12.1 Å². The maximum absolute atomic E-state index is 11.9. The zero-order chi connectivity index (χ0) is 14.6. The first-order valence-electron chi connectivity index (χ1n) is 6.25. The molecule has 1 saturated heterocycles. The summed E-state index contributed by atoms with van der Waals surface area (Å²) < 4.78 is 4.99. The molecule has 1 aliphatic heterocycles. The van der Waals surface area contributed by atoms with E-state index in [0.29, 0.717) is 13.0 Å². The van der Waals surface area contributed by atoms with Gasteiger partial charge in [-0.25, -0.2) is 4.79 Å². The summed E-state index contributed by atoms with van der Waals surface area (Å²) in [5, 5.41) is 14.4. The number of carbonyl (C=O) groups is 3. The molecule has 0 saturated carbocycles. The van der Waals surface area contributed by atoms with E-state index in [2.05, 4.69) is 10.6 Å². The van der Waals surface area contributed by atoms with Crippen molar-refractivity contribution in [3.05, 3.63) is 0 Å². The zero-order valence-electron chi connectivity index (χ0n) is 11.3. The number of esters is 1. The van der Waals surface area contributed by atoms with Crippen molar-refractivity contribution in [1.29, 1.82) is 0 Å². The number of amides is 1. The molecular weight excluding hydrogens is 252 g/mol. The second kappa shape index (κ2) is 6.51. The highest BCUT2D eigenvalue weighted by Crippen LogP contribution is 2.12. The number of nitrogens with one attached hydrogen (secondary N) is 2. The number of rotatable bonds is 5. The Morgan fingerprint density at radius 2 is 2.00 bits per heavy atom. The molecule has 0 radical (unpaired) electrons. The Morgan fingerprint density at radius 1 is 1.37 bits per heavy atom. The van der Waals surface area contributed by atoms with Gasteiger partial charge in [0, 0.05) is 19.9 Å². The molecule has 0 spiro atoms. The minimum atomic E-state index is -1.06. The predicted octanol–water partition coefficient (Wildman–Crippen LogP) is -0.495. The molecule has 1 aliphatic rings. The molecule has 1 rings (SSSR count). The molecule has 19 heavy (non-hydrogen) atoms. The first-order valence-corrected chi connectivity index (χ1v) is 6.25. The molecule has 3 atom stereocenters. The Balaban J connectivity index is 2.51. The van der Waals surface area contributed by atoms with Gasteiger partial charge in [0.15, 0.2) is 0 Å². The lowest BCUT2D eigenvalue weighted by Gasteiger charge is -2.20. The highest BCUT2D eigenvalue weighted by atomic mass is 16.5. The average molecular weight is 272 g/mol. The lowest BCUT2D eigenvalue weighted by Crippen LogP contribution is -2.50. The van der Waals surface area contributed by atoms with Crippen LogP contribution in [0.15, 0.2) is 0 Å². The maximum Gasteiger partial charge on any atom is 0.326 e. The van der Waals surface area contributed by atoms with Crippen LogP contribution in [0, 0.1) is 5.92 Å². The highest BCUT2D eigenvalue weighted by Gasteiger charge is 2.33. The quantitative estimate of drug-likeness (QED) is 0.583. The van der Waals surface area contributed by atoms with Gasteiger partial charge in [-0.15, -0.1) is 0 Å². The van der Waals surface area contributed by atoms with Crippen LogP contribution >= 0.6 is 0 Å². The van der Waals surface area contributed by atoms with Gasteiger partial charge in [-0.1, -0.05) is 13.8 Å². The second-order valence-electron chi connectivity index (χ2n) is 5.00. The van der Waals surface area contributed by atoms with Crippen LogP contribution in [-0.2, 0) is 19.1 Å². The lowest BCUT2D eigenvalue weighted by atomic mass is 10.0. The summed E-state index contributed by atoms with van der Waals surface area (Å²) in [6.45, 7) is 5.16. The van der Waals surface area contributed by atoms with Crippen LogP contribution in [0.5, 0.6) is 0 Å². The van der Waals surface area contributed by atoms with Crippen molar-refractivity contribution in [1.82, 2.24) is 10.6 Å². The van der Waals surface area contributed by atoms with Crippen LogP contribution in [-0.4, -0.2) is 47.7 Å². The van der Waals surface area contributed by atoms with Crippen LogP contribution in [0.2, 0.25) is 0 Å². The molecule has 7 heteroatoms. The van der Waals surface area contributed by atoms with E-state index < -0.39 is 24.0 Å². The van der Waals surface area contributed by atoms with E-state index in [0.717, 1.165) is 0 Å². The third-order valence-corrected chi connectivity index (χ3v) is 2.97. The number of hydrogen-bond donors (Lipinski definition) is 3. The molecule has 3 N–H and O–H groups in total. The van der Waals surface area contributed by atoms with Gasteiger partial charge in [0.05, 0.1) is 6.04 Å². The molecular formula is C12H20N2O5. The summed E-state index contributed by atoms with van der Waals surface area (Å²) in [4.78, 5) is 33.7. The summed E-state index contributed by atoms with van der Waals surface area (Å²) in [7, 11) is 0. The first-order chi connectivity index (χ1) is 8.81. The largest absolute Gasteiger partial charge is 0.480 e. The number of ether oxygens (including phenoxy) is 1. The van der Waals surface area contributed by atoms with E-state index in [1.807, 2.05) is 0 Å². The van der Waals surface area contributed by atoms with Crippen molar-refractivity contribution in [3.63, 3.8) is 0 Å². The van der Waals surface area contributed by atoms with Gasteiger partial charge in [-0.2, -0.15) is 0 Å². The molecule has 0 aromatic carbocycles. The number of carboxylic acid groups (broad SMARTS) is 1. The molecule has 1 fully saturated rings. The summed E-state index contributed by atoms with van der Waals surface area (Å²) in [5.41, 5.74) is 0. The number of carbonyl (C=O) groups excluding carboxylic acids is 2. The molecule has 108 valence electrons. The van der Waals surface area contributed by atoms with Crippen LogP contribution in [0.4, 0.5) is 0 Å². The van der Waals surface area contributed by atoms with E-state index in [1.54, 1.807) is 13.8 Å². The van der Waals surface area contributed by atoms with Crippen LogP contribution in [0.25, 0.3) is 0 Å².